The van der Waals surface area contributed by atoms with Crippen molar-refractivity contribution in [3.8, 4) is 5.75 Å². The van der Waals surface area contributed by atoms with Crippen molar-refractivity contribution in [1.29, 1.82) is 0 Å². The molecule has 4 heteroatoms. The molecule has 3 nitrogen and oxygen atoms in total. The molecule has 1 aromatic carbocycles. The molecule has 0 aliphatic heterocycles. The van der Waals surface area contributed by atoms with Crippen molar-refractivity contribution in [2.45, 2.75) is 20.4 Å². The third-order valence-corrected chi connectivity index (χ3v) is 3.02. The van der Waals surface area contributed by atoms with Crippen LogP contribution in [0.25, 0.3) is 0 Å². The molecule has 0 atom stereocenters. The molecule has 0 spiro atoms. The summed E-state index contributed by atoms with van der Waals surface area (Å²) in [5.74, 6) is 0.847. The Labute approximate surface area is 104 Å². The van der Waals surface area contributed by atoms with Gasteiger partial charge < -0.3 is 10.1 Å². The van der Waals surface area contributed by atoms with Crippen LogP contribution in [0.15, 0.2) is 12.1 Å². The van der Waals surface area contributed by atoms with Gasteiger partial charge in [-0.3, -0.25) is 4.79 Å². The highest BCUT2D eigenvalue weighted by atomic mass is 79.9. The van der Waals surface area contributed by atoms with Crippen molar-refractivity contribution in [3.05, 3.63) is 28.8 Å². The predicted octanol–water partition coefficient (Wildman–Crippen LogP) is 2.32. The number of rotatable bonds is 4. The Hall–Kier alpha value is -1.03. The number of carbonyl (C=O) groups is 1. The van der Waals surface area contributed by atoms with E-state index in [1.54, 1.807) is 7.11 Å². The van der Waals surface area contributed by atoms with Gasteiger partial charge in [0, 0.05) is 6.54 Å². The molecule has 0 aromatic heterocycles. The summed E-state index contributed by atoms with van der Waals surface area (Å²) >= 11 is 3.11. The Morgan fingerprint density at radius 2 is 2.12 bits per heavy atom. The van der Waals surface area contributed by atoms with Crippen molar-refractivity contribution in [1.82, 2.24) is 5.32 Å². The van der Waals surface area contributed by atoms with E-state index in [0.717, 1.165) is 16.9 Å². The average molecular weight is 286 g/mol. The number of amides is 1. The van der Waals surface area contributed by atoms with E-state index < -0.39 is 0 Å². The second-order valence-electron chi connectivity index (χ2n) is 3.65. The van der Waals surface area contributed by atoms with Gasteiger partial charge in [-0.1, -0.05) is 22.0 Å². The van der Waals surface area contributed by atoms with Crippen LogP contribution in [0.1, 0.15) is 16.7 Å². The first-order chi connectivity index (χ1) is 7.58. The van der Waals surface area contributed by atoms with Crippen molar-refractivity contribution in [3.63, 3.8) is 0 Å². The quantitative estimate of drug-likeness (QED) is 0.863. The Kier molecular flexibility index (Phi) is 4.80. The zero-order chi connectivity index (χ0) is 12.1. The van der Waals surface area contributed by atoms with Gasteiger partial charge >= 0.3 is 0 Å². The standard InChI is InChI=1S/C12H16BrNO2/c1-8-4-10(7-14-12(15)6-13)5-11(16-3)9(8)2/h4-5H,6-7H2,1-3H3,(H,14,15). The van der Waals surface area contributed by atoms with Crippen LogP contribution in [0.2, 0.25) is 0 Å². The fraction of sp³-hybridized carbons (Fsp3) is 0.417. The highest BCUT2D eigenvalue weighted by molar-refractivity contribution is 9.09. The summed E-state index contributed by atoms with van der Waals surface area (Å²) in [7, 11) is 1.66. The summed E-state index contributed by atoms with van der Waals surface area (Å²) in [6, 6.07) is 4.02. The van der Waals surface area contributed by atoms with E-state index in [1.165, 1.54) is 5.56 Å². The maximum Gasteiger partial charge on any atom is 0.230 e. The van der Waals surface area contributed by atoms with Crippen molar-refractivity contribution in [2.24, 2.45) is 0 Å². The second kappa shape index (κ2) is 5.89. The predicted molar refractivity (Wildman–Crippen MR) is 68.1 cm³/mol. The van der Waals surface area contributed by atoms with Crippen LogP contribution in [0.5, 0.6) is 5.75 Å². The van der Waals surface area contributed by atoms with E-state index in [4.69, 9.17) is 4.74 Å². The summed E-state index contributed by atoms with van der Waals surface area (Å²) in [5, 5.41) is 3.13. The first-order valence-electron chi connectivity index (χ1n) is 5.05. The maximum atomic E-state index is 11.1. The highest BCUT2D eigenvalue weighted by Gasteiger charge is 2.05. The van der Waals surface area contributed by atoms with Crippen LogP contribution < -0.4 is 10.1 Å². The van der Waals surface area contributed by atoms with Crippen LogP contribution in [-0.2, 0) is 11.3 Å². The minimum Gasteiger partial charge on any atom is -0.496 e. The Balaban J connectivity index is 2.81. The number of aryl methyl sites for hydroxylation is 1. The van der Waals surface area contributed by atoms with Crippen molar-refractivity contribution in [2.75, 3.05) is 12.4 Å². The zero-order valence-electron chi connectivity index (χ0n) is 9.76. The Morgan fingerprint density at radius 3 is 2.69 bits per heavy atom. The third kappa shape index (κ3) is 3.23. The topological polar surface area (TPSA) is 38.3 Å². The number of benzene rings is 1. The average Bonchev–Trinajstić information content (AvgIpc) is 2.29. The molecule has 16 heavy (non-hydrogen) atoms. The maximum absolute atomic E-state index is 11.1. The van der Waals surface area contributed by atoms with Gasteiger partial charge in [0.2, 0.25) is 5.91 Å². The Morgan fingerprint density at radius 1 is 1.44 bits per heavy atom. The molecule has 0 saturated heterocycles. The van der Waals surface area contributed by atoms with E-state index in [0.29, 0.717) is 11.9 Å². The summed E-state index contributed by atoms with van der Waals surface area (Å²) in [5.41, 5.74) is 3.36. The third-order valence-electron chi connectivity index (χ3n) is 2.51. The number of hydrogen-bond acceptors (Lipinski definition) is 2. The number of ether oxygens (including phenoxy) is 1. The van der Waals surface area contributed by atoms with Gasteiger partial charge in [-0.25, -0.2) is 0 Å². The summed E-state index contributed by atoms with van der Waals surface area (Å²) < 4.78 is 5.28. The van der Waals surface area contributed by atoms with E-state index in [1.807, 2.05) is 19.9 Å². The molecule has 1 aromatic rings. The monoisotopic (exact) mass is 285 g/mol. The van der Waals surface area contributed by atoms with Gasteiger partial charge in [0.05, 0.1) is 12.4 Å². The van der Waals surface area contributed by atoms with Gasteiger partial charge in [0.15, 0.2) is 0 Å². The lowest BCUT2D eigenvalue weighted by molar-refractivity contribution is -0.118. The molecular formula is C12H16BrNO2. The molecule has 1 amide bonds. The van der Waals surface area contributed by atoms with Gasteiger partial charge in [0.1, 0.15) is 5.75 Å². The molecule has 0 aliphatic rings. The molecule has 0 unspecified atom stereocenters. The molecule has 0 aliphatic carbocycles. The zero-order valence-corrected chi connectivity index (χ0v) is 11.3. The minimum absolute atomic E-state index is 0.0165. The largest absolute Gasteiger partial charge is 0.496 e. The van der Waals surface area contributed by atoms with E-state index in [-0.39, 0.29) is 5.91 Å². The molecule has 0 heterocycles. The fourth-order valence-corrected chi connectivity index (χ4v) is 1.66. The summed E-state index contributed by atoms with van der Waals surface area (Å²) in [6.45, 7) is 4.59. The number of carbonyl (C=O) groups excluding carboxylic acids is 1. The van der Waals surface area contributed by atoms with Gasteiger partial charge in [-0.15, -0.1) is 0 Å². The number of nitrogens with one attached hydrogen (secondary N) is 1. The van der Waals surface area contributed by atoms with E-state index in [9.17, 15) is 4.79 Å². The van der Waals surface area contributed by atoms with Gasteiger partial charge in [-0.05, 0) is 36.6 Å². The van der Waals surface area contributed by atoms with E-state index >= 15 is 0 Å². The van der Waals surface area contributed by atoms with Crippen LogP contribution in [0.4, 0.5) is 0 Å². The van der Waals surface area contributed by atoms with Gasteiger partial charge in [-0.2, -0.15) is 0 Å². The van der Waals surface area contributed by atoms with Crippen LogP contribution >= 0.6 is 15.9 Å². The minimum atomic E-state index is -0.0165. The molecule has 1 rings (SSSR count). The van der Waals surface area contributed by atoms with Crippen LogP contribution in [0, 0.1) is 13.8 Å². The number of alkyl halides is 1. The lowest BCUT2D eigenvalue weighted by atomic mass is 10.0. The normalized spacial score (nSPS) is 10.0. The van der Waals surface area contributed by atoms with Crippen LogP contribution in [0.3, 0.4) is 0 Å². The summed E-state index contributed by atoms with van der Waals surface area (Å²) in [4.78, 5) is 11.1. The molecule has 0 bridgehead atoms. The lowest BCUT2D eigenvalue weighted by Gasteiger charge is -2.11. The molecular weight excluding hydrogens is 270 g/mol. The number of methoxy groups -OCH3 is 1. The first-order valence-corrected chi connectivity index (χ1v) is 6.17. The lowest BCUT2D eigenvalue weighted by Crippen LogP contribution is -2.23. The highest BCUT2D eigenvalue weighted by Crippen LogP contribution is 2.23. The van der Waals surface area contributed by atoms with Crippen molar-refractivity contribution >= 4 is 21.8 Å². The van der Waals surface area contributed by atoms with Gasteiger partial charge in [0.25, 0.3) is 0 Å². The van der Waals surface area contributed by atoms with Crippen LogP contribution in [-0.4, -0.2) is 18.3 Å². The van der Waals surface area contributed by atoms with E-state index in [2.05, 4.69) is 27.3 Å². The molecule has 0 saturated carbocycles. The Bertz CT molecular complexity index is 391. The number of hydrogen-bond donors (Lipinski definition) is 1. The van der Waals surface area contributed by atoms with Crippen molar-refractivity contribution < 1.29 is 9.53 Å². The SMILES string of the molecule is COc1cc(CNC(=O)CBr)cc(C)c1C. The molecule has 0 fully saturated rings. The fourth-order valence-electron chi connectivity index (χ4n) is 1.46. The second-order valence-corrected chi connectivity index (χ2v) is 4.21. The molecule has 0 radical (unpaired) electrons. The molecule has 88 valence electrons. The number of halogens is 1. The summed E-state index contributed by atoms with van der Waals surface area (Å²) in [6.07, 6.45) is 0. The smallest absolute Gasteiger partial charge is 0.230 e. The first kappa shape index (κ1) is 13.0. The molecule has 1 N–H and O–H groups in total.